The standard InChI is InChI=1S/C29H20F4N4O3/c30-23-10-8-19(9-11-23)21-13-24(27(38)34-15-17-4-6-20(7-5-17)28(39)40)26-25(14-21)35-36-37(26)16-18-2-1-3-22(12-18)29(31,32)33/h1-14H,15-16H2,(H,34,38)(H,39,40). The molecule has 0 radical (unpaired) electrons. The Morgan fingerprint density at radius 3 is 2.27 bits per heavy atom. The molecule has 40 heavy (non-hydrogen) atoms. The highest BCUT2D eigenvalue weighted by Gasteiger charge is 2.30. The normalized spacial score (nSPS) is 11.5. The van der Waals surface area contributed by atoms with E-state index in [1.54, 1.807) is 36.4 Å². The Morgan fingerprint density at radius 1 is 0.875 bits per heavy atom. The number of hydrogen-bond acceptors (Lipinski definition) is 4. The number of nitrogens with zero attached hydrogens (tertiary/aromatic N) is 3. The van der Waals surface area contributed by atoms with Crippen molar-refractivity contribution in [2.75, 3.05) is 0 Å². The van der Waals surface area contributed by atoms with Gasteiger partial charge in [-0.05, 0) is 70.8 Å². The van der Waals surface area contributed by atoms with Gasteiger partial charge in [0.25, 0.3) is 5.91 Å². The van der Waals surface area contributed by atoms with Crippen LogP contribution in [0, 0.1) is 5.82 Å². The molecule has 7 nitrogen and oxygen atoms in total. The third kappa shape index (κ3) is 5.68. The van der Waals surface area contributed by atoms with E-state index in [1.165, 1.54) is 41.1 Å². The van der Waals surface area contributed by atoms with E-state index in [-0.39, 0.29) is 24.2 Å². The molecule has 0 saturated carbocycles. The molecular weight excluding hydrogens is 528 g/mol. The Balaban J connectivity index is 1.52. The van der Waals surface area contributed by atoms with Gasteiger partial charge < -0.3 is 10.4 Å². The highest BCUT2D eigenvalue weighted by molar-refractivity contribution is 6.06. The summed E-state index contributed by atoms with van der Waals surface area (Å²) in [4.78, 5) is 24.6. The molecular formula is C29H20F4N4O3. The fourth-order valence-corrected chi connectivity index (χ4v) is 4.27. The quantitative estimate of drug-likeness (QED) is 0.246. The van der Waals surface area contributed by atoms with Crippen LogP contribution in [0.4, 0.5) is 17.6 Å². The molecule has 0 saturated heterocycles. The fourth-order valence-electron chi connectivity index (χ4n) is 4.27. The van der Waals surface area contributed by atoms with Crippen LogP contribution in [0.15, 0.2) is 84.9 Å². The van der Waals surface area contributed by atoms with Crippen molar-refractivity contribution in [3.05, 3.63) is 119 Å². The van der Waals surface area contributed by atoms with E-state index in [0.717, 1.165) is 12.1 Å². The number of rotatable bonds is 7. The first kappa shape index (κ1) is 26.5. The Labute approximate surface area is 224 Å². The van der Waals surface area contributed by atoms with Crippen molar-refractivity contribution in [3.63, 3.8) is 0 Å². The Kier molecular flexibility index (Phi) is 7.03. The molecule has 0 bridgehead atoms. The molecule has 5 aromatic rings. The van der Waals surface area contributed by atoms with Gasteiger partial charge in [0.15, 0.2) is 0 Å². The lowest BCUT2D eigenvalue weighted by Gasteiger charge is -2.12. The maximum Gasteiger partial charge on any atom is 0.416 e. The molecule has 5 rings (SSSR count). The van der Waals surface area contributed by atoms with E-state index in [2.05, 4.69) is 15.6 Å². The lowest BCUT2D eigenvalue weighted by atomic mass is 10.0. The van der Waals surface area contributed by atoms with E-state index >= 15 is 0 Å². The second-order valence-corrected chi connectivity index (χ2v) is 9.03. The van der Waals surface area contributed by atoms with Crippen molar-refractivity contribution in [2.24, 2.45) is 0 Å². The summed E-state index contributed by atoms with van der Waals surface area (Å²) < 4.78 is 54.6. The number of halogens is 4. The van der Waals surface area contributed by atoms with Crippen molar-refractivity contribution in [3.8, 4) is 11.1 Å². The van der Waals surface area contributed by atoms with Gasteiger partial charge in [-0.1, -0.05) is 41.6 Å². The second-order valence-electron chi connectivity index (χ2n) is 9.03. The van der Waals surface area contributed by atoms with Gasteiger partial charge >= 0.3 is 12.1 Å². The summed E-state index contributed by atoms with van der Waals surface area (Å²) in [7, 11) is 0. The first-order valence-electron chi connectivity index (χ1n) is 12.0. The third-order valence-corrected chi connectivity index (χ3v) is 6.27. The zero-order valence-corrected chi connectivity index (χ0v) is 20.6. The predicted octanol–water partition coefficient (Wildman–Crippen LogP) is 5.93. The van der Waals surface area contributed by atoms with Crippen molar-refractivity contribution in [2.45, 2.75) is 19.3 Å². The zero-order valence-electron chi connectivity index (χ0n) is 20.6. The molecule has 11 heteroatoms. The van der Waals surface area contributed by atoms with E-state index in [9.17, 15) is 27.2 Å². The van der Waals surface area contributed by atoms with Crippen molar-refractivity contribution < 1.29 is 32.3 Å². The molecule has 0 atom stereocenters. The monoisotopic (exact) mass is 548 g/mol. The van der Waals surface area contributed by atoms with Crippen molar-refractivity contribution in [1.82, 2.24) is 20.3 Å². The minimum absolute atomic E-state index is 0.0761. The number of fused-ring (bicyclic) bond motifs is 1. The number of carboxylic acid groups (broad SMARTS) is 1. The molecule has 0 aliphatic rings. The van der Waals surface area contributed by atoms with Gasteiger partial charge in [-0.2, -0.15) is 13.2 Å². The van der Waals surface area contributed by atoms with Crippen LogP contribution >= 0.6 is 0 Å². The summed E-state index contributed by atoms with van der Waals surface area (Å²) in [6.07, 6.45) is -4.52. The summed E-state index contributed by atoms with van der Waals surface area (Å²) >= 11 is 0. The van der Waals surface area contributed by atoms with Gasteiger partial charge in [0, 0.05) is 6.54 Å². The van der Waals surface area contributed by atoms with Crippen LogP contribution in [-0.2, 0) is 19.3 Å². The average Bonchev–Trinajstić information content (AvgIpc) is 3.34. The number of aromatic carboxylic acids is 1. The molecule has 4 aromatic carbocycles. The van der Waals surface area contributed by atoms with E-state index in [4.69, 9.17) is 5.11 Å². The SMILES string of the molecule is O=C(O)c1ccc(CNC(=O)c2cc(-c3ccc(F)cc3)cc3nnn(Cc4cccc(C(F)(F)F)c4)c23)cc1. The lowest BCUT2D eigenvalue weighted by Crippen LogP contribution is -2.24. The second kappa shape index (κ2) is 10.6. The van der Waals surface area contributed by atoms with E-state index in [1.807, 2.05) is 0 Å². The predicted molar refractivity (Wildman–Crippen MR) is 138 cm³/mol. The summed E-state index contributed by atoms with van der Waals surface area (Å²) in [5, 5.41) is 20.1. The molecule has 0 spiro atoms. The van der Waals surface area contributed by atoms with E-state index < -0.39 is 29.4 Å². The largest absolute Gasteiger partial charge is 0.478 e. The number of carbonyl (C=O) groups is 2. The molecule has 202 valence electrons. The first-order chi connectivity index (χ1) is 19.1. The Bertz CT molecular complexity index is 1710. The number of amides is 1. The fraction of sp³-hybridized carbons (Fsp3) is 0.103. The number of hydrogen-bond donors (Lipinski definition) is 2. The van der Waals surface area contributed by atoms with Crippen molar-refractivity contribution in [1.29, 1.82) is 0 Å². The van der Waals surface area contributed by atoms with Crippen LogP contribution in [0.2, 0.25) is 0 Å². The van der Waals surface area contributed by atoms with Crippen LogP contribution in [0.1, 0.15) is 37.4 Å². The summed E-state index contributed by atoms with van der Waals surface area (Å²) in [5.74, 6) is -2.01. The van der Waals surface area contributed by atoms with Gasteiger partial charge in [0.05, 0.1) is 23.2 Å². The number of benzene rings is 4. The van der Waals surface area contributed by atoms with Crippen molar-refractivity contribution >= 4 is 22.9 Å². The molecule has 0 fully saturated rings. The number of carbonyl (C=O) groups excluding carboxylic acids is 1. The zero-order chi connectivity index (χ0) is 28.4. The molecule has 1 heterocycles. The van der Waals surface area contributed by atoms with Gasteiger partial charge in [0.1, 0.15) is 16.9 Å². The molecule has 1 aromatic heterocycles. The van der Waals surface area contributed by atoms with Gasteiger partial charge in [-0.3, -0.25) is 4.79 Å². The smallest absolute Gasteiger partial charge is 0.416 e. The minimum atomic E-state index is -4.52. The minimum Gasteiger partial charge on any atom is -0.478 e. The van der Waals surface area contributed by atoms with Crippen LogP contribution in [0.5, 0.6) is 0 Å². The van der Waals surface area contributed by atoms with Gasteiger partial charge in [-0.15, -0.1) is 5.10 Å². The summed E-state index contributed by atoms with van der Waals surface area (Å²) in [6, 6.07) is 19.7. The first-order valence-corrected chi connectivity index (χ1v) is 12.0. The highest BCUT2D eigenvalue weighted by atomic mass is 19.4. The maximum absolute atomic E-state index is 13.5. The molecule has 2 N–H and O–H groups in total. The molecule has 0 aliphatic carbocycles. The number of carboxylic acids is 1. The Hall–Kier alpha value is -5.06. The van der Waals surface area contributed by atoms with E-state index in [0.29, 0.717) is 33.3 Å². The number of aromatic nitrogens is 3. The topological polar surface area (TPSA) is 97.1 Å². The number of alkyl halides is 3. The lowest BCUT2D eigenvalue weighted by molar-refractivity contribution is -0.137. The average molecular weight is 548 g/mol. The van der Waals surface area contributed by atoms with Crippen LogP contribution < -0.4 is 5.32 Å². The third-order valence-electron chi connectivity index (χ3n) is 6.27. The summed E-state index contributed by atoms with van der Waals surface area (Å²) in [6.45, 7) is 0.00341. The molecule has 1 amide bonds. The Morgan fingerprint density at radius 2 is 1.60 bits per heavy atom. The molecule has 0 unspecified atom stereocenters. The van der Waals surface area contributed by atoms with Crippen LogP contribution in [0.3, 0.4) is 0 Å². The maximum atomic E-state index is 13.5. The van der Waals surface area contributed by atoms with Gasteiger partial charge in [-0.25, -0.2) is 13.9 Å². The summed E-state index contributed by atoms with van der Waals surface area (Å²) in [5.41, 5.74) is 2.24. The van der Waals surface area contributed by atoms with Crippen LogP contribution in [0.25, 0.3) is 22.2 Å². The van der Waals surface area contributed by atoms with Crippen LogP contribution in [-0.4, -0.2) is 32.0 Å². The number of nitrogens with one attached hydrogen (secondary N) is 1. The highest BCUT2D eigenvalue weighted by Crippen LogP contribution is 2.31. The molecule has 0 aliphatic heterocycles. The van der Waals surface area contributed by atoms with Gasteiger partial charge in [0.2, 0.25) is 0 Å².